The highest BCUT2D eigenvalue weighted by Crippen LogP contribution is 2.29. The van der Waals surface area contributed by atoms with Crippen LogP contribution >= 0.6 is 0 Å². The molecule has 0 N–H and O–H groups in total. The van der Waals surface area contributed by atoms with Gasteiger partial charge in [-0.15, -0.1) is 0 Å². The van der Waals surface area contributed by atoms with Gasteiger partial charge in [-0.1, -0.05) is 19.9 Å². The third-order valence-electron chi connectivity index (χ3n) is 2.42. The zero-order valence-electron chi connectivity index (χ0n) is 8.59. The van der Waals surface area contributed by atoms with E-state index in [-0.39, 0.29) is 11.7 Å². The van der Waals surface area contributed by atoms with E-state index in [0.29, 0.717) is 11.9 Å². The monoisotopic (exact) mass is 194 g/mol. The van der Waals surface area contributed by atoms with Crippen LogP contribution in [-0.4, -0.2) is 6.10 Å². The molecule has 14 heavy (non-hydrogen) atoms. The number of rotatable bonds is 3. The van der Waals surface area contributed by atoms with Crippen LogP contribution in [0, 0.1) is 5.82 Å². The van der Waals surface area contributed by atoms with Crippen molar-refractivity contribution in [2.75, 3.05) is 0 Å². The fraction of sp³-hybridized carbons (Fsp3) is 0.500. The highest BCUT2D eigenvalue weighted by Gasteiger charge is 2.23. The van der Waals surface area contributed by atoms with Gasteiger partial charge in [-0.25, -0.2) is 4.39 Å². The van der Waals surface area contributed by atoms with Gasteiger partial charge in [0.2, 0.25) is 0 Å². The lowest BCUT2D eigenvalue weighted by atomic mass is 10.0. The molecule has 1 aliphatic carbocycles. The van der Waals surface area contributed by atoms with Gasteiger partial charge >= 0.3 is 0 Å². The number of benzene rings is 1. The average molecular weight is 194 g/mol. The van der Waals surface area contributed by atoms with Crippen LogP contribution in [0.3, 0.4) is 0 Å². The standard InChI is InChI=1S/C12H15FO/c1-8(2)11-6-5-10(7-12(11)13)14-9-3-4-9/h5-9H,3-4H2,1-2H3. The van der Waals surface area contributed by atoms with Crippen molar-refractivity contribution < 1.29 is 9.13 Å². The van der Waals surface area contributed by atoms with Gasteiger partial charge in [0.25, 0.3) is 0 Å². The molecule has 2 heteroatoms. The summed E-state index contributed by atoms with van der Waals surface area (Å²) in [6.45, 7) is 3.97. The van der Waals surface area contributed by atoms with Crippen LogP contribution < -0.4 is 4.74 Å². The SMILES string of the molecule is CC(C)c1ccc(OC2CC2)cc1F. The second kappa shape index (κ2) is 3.60. The maximum Gasteiger partial charge on any atom is 0.130 e. The summed E-state index contributed by atoms with van der Waals surface area (Å²) >= 11 is 0. The summed E-state index contributed by atoms with van der Waals surface area (Å²) in [5.74, 6) is 0.734. The Morgan fingerprint density at radius 3 is 2.57 bits per heavy atom. The first-order valence-electron chi connectivity index (χ1n) is 5.13. The van der Waals surface area contributed by atoms with Crippen molar-refractivity contribution in [1.29, 1.82) is 0 Å². The lowest BCUT2D eigenvalue weighted by Gasteiger charge is -2.09. The van der Waals surface area contributed by atoms with E-state index in [1.165, 1.54) is 6.07 Å². The lowest BCUT2D eigenvalue weighted by Crippen LogP contribution is -1.98. The Labute approximate surface area is 83.9 Å². The Kier molecular flexibility index (Phi) is 2.44. The van der Waals surface area contributed by atoms with E-state index in [1.807, 2.05) is 26.0 Å². The normalized spacial score (nSPS) is 16.0. The topological polar surface area (TPSA) is 9.23 Å². The molecule has 1 fully saturated rings. The summed E-state index contributed by atoms with van der Waals surface area (Å²) in [5, 5.41) is 0. The third kappa shape index (κ3) is 2.06. The molecule has 1 aromatic rings. The highest BCUT2D eigenvalue weighted by molar-refractivity contribution is 5.31. The molecular weight excluding hydrogens is 179 g/mol. The molecule has 0 radical (unpaired) electrons. The van der Waals surface area contributed by atoms with E-state index in [2.05, 4.69) is 0 Å². The second-order valence-electron chi connectivity index (χ2n) is 4.16. The van der Waals surface area contributed by atoms with Crippen LogP contribution in [0.5, 0.6) is 5.75 Å². The van der Waals surface area contributed by atoms with Crippen molar-refractivity contribution in [3.63, 3.8) is 0 Å². The Hall–Kier alpha value is -1.05. The van der Waals surface area contributed by atoms with Crippen molar-refractivity contribution in [3.05, 3.63) is 29.6 Å². The fourth-order valence-corrected chi connectivity index (χ4v) is 1.43. The molecule has 0 bridgehead atoms. The molecule has 0 spiro atoms. The molecule has 2 rings (SSSR count). The van der Waals surface area contributed by atoms with E-state index in [9.17, 15) is 4.39 Å². The van der Waals surface area contributed by atoms with Crippen molar-refractivity contribution in [2.45, 2.75) is 38.7 Å². The first-order chi connectivity index (χ1) is 6.66. The van der Waals surface area contributed by atoms with Crippen molar-refractivity contribution in [3.8, 4) is 5.75 Å². The van der Waals surface area contributed by atoms with Crippen LogP contribution in [0.2, 0.25) is 0 Å². The van der Waals surface area contributed by atoms with Crippen LogP contribution in [0.4, 0.5) is 4.39 Å². The van der Waals surface area contributed by atoms with E-state index in [4.69, 9.17) is 4.74 Å². The maximum absolute atomic E-state index is 13.5. The average Bonchev–Trinajstić information content (AvgIpc) is 2.87. The molecule has 0 atom stereocenters. The molecule has 0 saturated heterocycles. The van der Waals surface area contributed by atoms with E-state index in [1.54, 1.807) is 0 Å². The Balaban J connectivity index is 2.16. The number of hydrogen-bond acceptors (Lipinski definition) is 1. The molecule has 76 valence electrons. The lowest BCUT2D eigenvalue weighted by molar-refractivity contribution is 0.301. The molecule has 0 unspecified atom stereocenters. The highest BCUT2D eigenvalue weighted by atomic mass is 19.1. The van der Waals surface area contributed by atoms with Crippen LogP contribution in [0.1, 0.15) is 38.2 Å². The predicted octanol–water partition coefficient (Wildman–Crippen LogP) is 3.49. The van der Waals surface area contributed by atoms with E-state index < -0.39 is 0 Å². The molecule has 1 nitrogen and oxygen atoms in total. The molecule has 0 amide bonds. The summed E-state index contributed by atoms with van der Waals surface area (Å²) in [6.07, 6.45) is 2.54. The summed E-state index contributed by atoms with van der Waals surface area (Å²) in [6, 6.07) is 5.17. The van der Waals surface area contributed by atoms with Gasteiger partial charge in [-0.3, -0.25) is 0 Å². The minimum Gasteiger partial charge on any atom is -0.490 e. The maximum atomic E-state index is 13.5. The summed E-state index contributed by atoms with van der Waals surface area (Å²) < 4.78 is 19.0. The molecule has 1 saturated carbocycles. The molecule has 0 aromatic heterocycles. The third-order valence-corrected chi connectivity index (χ3v) is 2.42. The van der Waals surface area contributed by atoms with E-state index in [0.717, 1.165) is 18.4 Å². The van der Waals surface area contributed by atoms with Gasteiger partial charge in [0.15, 0.2) is 0 Å². The van der Waals surface area contributed by atoms with Crippen LogP contribution in [0.15, 0.2) is 18.2 Å². The van der Waals surface area contributed by atoms with Gasteiger partial charge in [-0.05, 0) is 30.4 Å². The molecule has 0 aliphatic heterocycles. The minimum atomic E-state index is -0.154. The quantitative estimate of drug-likeness (QED) is 0.715. The number of ether oxygens (including phenoxy) is 1. The smallest absolute Gasteiger partial charge is 0.130 e. The van der Waals surface area contributed by atoms with Crippen LogP contribution in [0.25, 0.3) is 0 Å². The zero-order chi connectivity index (χ0) is 10.1. The van der Waals surface area contributed by atoms with Gasteiger partial charge < -0.3 is 4.74 Å². The van der Waals surface area contributed by atoms with Gasteiger partial charge in [0.1, 0.15) is 11.6 Å². The molecular formula is C12H15FO. The Bertz CT molecular complexity index is 329. The second-order valence-corrected chi connectivity index (χ2v) is 4.16. The number of halogens is 1. The largest absolute Gasteiger partial charge is 0.490 e. The Morgan fingerprint density at radius 2 is 2.07 bits per heavy atom. The summed E-state index contributed by atoms with van der Waals surface area (Å²) in [5.41, 5.74) is 0.758. The van der Waals surface area contributed by atoms with Crippen molar-refractivity contribution in [1.82, 2.24) is 0 Å². The van der Waals surface area contributed by atoms with Gasteiger partial charge in [-0.2, -0.15) is 0 Å². The summed E-state index contributed by atoms with van der Waals surface area (Å²) in [7, 11) is 0. The first kappa shape index (κ1) is 9.50. The minimum absolute atomic E-state index is 0.154. The zero-order valence-corrected chi connectivity index (χ0v) is 8.59. The fourth-order valence-electron chi connectivity index (χ4n) is 1.43. The predicted molar refractivity (Wildman–Crippen MR) is 54.1 cm³/mol. The molecule has 0 heterocycles. The van der Waals surface area contributed by atoms with E-state index >= 15 is 0 Å². The number of hydrogen-bond donors (Lipinski definition) is 0. The molecule has 1 aliphatic rings. The van der Waals surface area contributed by atoms with Crippen molar-refractivity contribution >= 4 is 0 Å². The molecule has 1 aromatic carbocycles. The first-order valence-corrected chi connectivity index (χ1v) is 5.13. The van der Waals surface area contributed by atoms with Gasteiger partial charge in [0.05, 0.1) is 6.10 Å². The Morgan fingerprint density at radius 1 is 1.36 bits per heavy atom. The van der Waals surface area contributed by atoms with Crippen molar-refractivity contribution in [2.24, 2.45) is 0 Å². The summed E-state index contributed by atoms with van der Waals surface area (Å²) in [4.78, 5) is 0. The van der Waals surface area contributed by atoms with Gasteiger partial charge in [0, 0.05) is 6.07 Å². The van der Waals surface area contributed by atoms with Crippen LogP contribution in [-0.2, 0) is 0 Å².